The van der Waals surface area contributed by atoms with Gasteiger partial charge in [0.1, 0.15) is 19.3 Å². The Morgan fingerprint density at radius 2 is 1.63 bits per heavy atom. The van der Waals surface area contributed by atoms with Crippen molar-refractivity contribution >= 4 is 5.91 Å². The first-order valence-corrected chi connectivity index (χ1v) is 14.4. The number of unbranched alkanes of at least 4 members (excludes halogenated alkanes) is 1. The van der Waals surface area contributed by atoms with E-state index in [0.29, 0.717) is 43.6 Å². The molecule has 0 aromatic heterocycles. The van der Waals surface area contributed by atoms with Crippen LogP contribution in [0, 0.1) is 0 Å². The van der Waals surface area contributed by atoms with E-state index < -0.39 is 6.10 Å². The number of benzene rings is 2. The van der Waals surface area contributed by atoms with E-state index in [2.05, 4.69) is 62.2 Å². The minimum absolute atomic E-state index is 0.00738. The number of hydrogen-bond acceptors (Lipinski definition) is 5. The Labute approximate surface area is 228 Å². The van der Waals surface area contributed by atoms with E-state index in [1.54, 1.807) is 0 Å². The second-order valence-corrected chi connectivity index (χ2v) is 12.0. The zero-order chi connectivity index (χ0) is 27.1. The largest absolute Gasteiger partial charge is 0.486 e. The SMILES string of the molecule is CC(CCCCC(=O)NC(CN1CCCC1)C(O)c1ccc2c(c1)OCCO2)c1ccc(C(C)(C)C)cc1. The quantitative estimate of drug-likeness (QED) is 0.369. The number of hydrogen-bond donors (Lipinski definition) is 2. The number of amides is 1. The molecule has 3 atom stereocenters. The van der Waals surface area contributed by atoms with E-state index in [1.165, 1.54) is 11.1 Å². The number of likely N-dealkylation sites (tertiary alicyclic amines) is 1. The second-order valence-electron chi connectivity index (χ2n) is 12.0. The molecule has 0 radical (unpaired) electrons. The van der Waals surface area contributed by atoms with Crippen molar-refractivity contribution in [3.05, 3.63) is 59.2 Å². The molecule has 2 heterocycles. The number of aliphatic hydroxyl groups excluding tert-OH is 1. The fourth-order valence-corrected chi connectivity index (χ4v) is 5.44. The molecule has 1 fully saturated rings. The highest BCUT2D eigenvalue weighted by atomic mass is 16.6. The lowest BCUT2D eigenvalue weighted by Gasteiger charge is -2.29. The summed E-state index contributed by atoms with van der Waals surface area (Å²) in [6.45, 7) is 12.7. The number of carbonyl (C=O) groups is 1. The number of fused-ring (bicyclic) bond motifs is 1. The molecule has 1 amide bonds. The van der Waals surface area contributed by atoms with E-state index in [-0.39, 0.29) is 17.4 Å². The molecule has 0 bridgehead atoms. The average molecular weight is 523 g/mol. The highest BCUT2D eigenvalue weighted by Gasteiger charge is 2.28. The van der Waals surface area contributed by atoms with Crippen LogP contribution in [0.2, 0.25) is 0 Å². The normalized spacial score (nSPS) is 18.1. The highest BCUT2D eigenvalue weighted by Crippen LogP contribution is 2.34. The Balaban J connectivity index is 1.29. The van der Waals surface area contributed by atoms with Crippen molar-refractivity contribution in [2.45, 2.75) is 89.7 Å². The van der Waals surface area contributed by atoms with Crippen LogP contribution in [0.4, 0.5) is 0 Å². The van der Waals surface area contributed by atoms with Crippen LogP contribution in [0.1, 0.15) is 94.9 Å². The molecule has 2 aliphatic rings. The molecule has 4 rings (SSSR count). The van der Waals surface area contributed by atoms with Crippen molar-refractivity contribution in [3.63, 3.8) is 0 Å². The van der Waals surface area contributed by atoms with Gasteiger partial charge < -0.3 is 24.8 Å². The van der Waals surface area contributed by atoms with Gasteiger partial charge in [0.15, 0.2) is 11.5 Å². The molecular formula is C32H46N2O4. The standard InChI is InChI=1S/C32H46N2O4/c1-23(24-11-14-26(15-12-24)32(2,3)4)9-5-6-10-30(35)33-27(22-34-17-7-8-18-34)31(36)25-13-16-28-29(21-25)38-20-19-37-28/h11-16,21,23,27,31,36H,5-10,17-20,22H2,1-4H3,(H,33,35). The summed E-state index contributed by atoms with van der Waals surface area (Å²) in [6.07, 6.45) is 4.88. The van der Waals surface area contributed by atoms with Gasteiger partial charge in [-0.05, 0) is 78.9 Å². The molecule has 38 heavy (non-hydrogen) atoms. The van der Waals surface area contributed by atoms with Crippen molar-refractivity contribution in [2.24, 2.45) is 0 Å². The fraction of sp³-hybridized carbons (Fsp3) is 0.594. The Kier molecular flexibility index (Phi) is 9.72. The highest BCUT2D eigenvalue weighted by molar-refractivity contribution is 5.76. The van der Waals surface area contributed by atoms with Gasteiger partial charge in [0.05, 0.1) is 6.04 Å². The summed E-state index contributed by atoms with van der Waals surface area (Å²) >= 11 is 0. The third-order valence-electron chi connectivity index (χ3n) is 7.93. The number of rotatable bonds is 11. The molecule has 2 aliphatic heterocycles. The van der Waals surface area contributed by atoms with Crippen LogP contribution in [-0.2, 0) is 10.2 Å². The smallest absolute Gasteiger partial charge is 0.220 e. The zero-order valence-corrected chi connectivity index (χ0v) is 23.7. The van der Waals surface area contributed by atoms with Crippen LogP contribution < -0.4 is 14.8 Å². The minimum atomic E-state index is -0.813. The number of carbonyl (C=O) groups excluding carboxylic acids is 1. The monoisotopic (exact) mass is 522 g/mol. The van der Waals surface area contributed by atoms with Gasteiger partial charge in [-0.25, -0.2) is 0 Å². The number of ether oxygens (including phenoxy) is 2. The van der Waals surface area contributed by atoms with Gasteiger partial charge in [-0.15, -0.1) is 0 Å². The van der Waals surface area contributed by atoms with Gasteiger partial charge in [-0.3, -0.25) is 4.79 Å². The molecule has 2 aromatic rings. The maximum atomic E-state index is 13.0. The summed E-state index contributed by atoms with van der Waals surface area (Å²) in [4.78, 5) is 15.3. The molecular weight excluding hydrogens is 476 g/mol. The van der Waals surface area contributed by atoms with Gasteiger partial charge in [-0.1, -0.05) is 64.4 Å². The molecule has 2 aromatic carbocycles. The number of nitrogens with one attached hydrogen (secondary N) is 1. The first-order valence-electron chi connectivity index (χ1n) is 14.4. The summed E-state index contributed by atoms with van der Waals surface area (Å²) < 4.78 is 11.3. The summed E-state index contributed by atoms with van der Waals surface area (Å²) in [5.41, 5.74) is 3.62. The van der Waals surface area contributed by atoms with Crippen LogP contribution >= 0.6 is 0 Å². The van der Waals surface area contributed by atoms with Gasteiger partial charge >= 0.3 is 0 Å². The van der Waals surface area contributed by atoms with Crippen molar-refractivity contribution in [2.75, 3.05) is 32.8 Å². The van der Waals surface area contributed by atoms with E-state index in [1.807, 2.05) is 18.2 Å². The first kappa shape index (κ1) is 28.4. The second kappa shape index (κ2) is 13.0. The summed E-state index contributed by atoms with van der Waals surface area (Å²) in [6, 6.07) is 14.2. The number of aliphatic hydroxyl groups is 1. The van der Waals surface area contributed by atoms with Crippen LogP contribution in [0.25, 0.3) is 0 Å². The molecule has 0 aliphatic carbocycles. The van der Waals surface area contributed by atoms with E-state index in [4.69, 9.17) is 9.47 Å². The van der Waals surface area contributed by atoms with Gasteiger partial charge in [0.2, 0.25) is 5.91 Å². The van der Waals surface area contributed by atoms with Crippen LogP contribution in [-0.4, -0.2) is 54.8 Å². The van der Waals surface area contributed by atoms with Crippen molar-refractivity contribution < 1.29 is 19.4 Å². The molecule has 2 N–H and O–H groups in total. The molecule has 3 unspecified atom stereocenters. The lowest BCUT2D eigenvalue weighted by molar-refractivity contribution is -0.123. The maximum Gasteiger partial charge on any atom is 0.220 e. The third kappa shape index (κ3) is 7.73. The minimum Gasteiger partial charge on any atom is -0.486 e. The topological polar surface area (TPSA) is 71.0 Å². The Morgan fingerprint density at radius 1 is 0.974 bits per heavy atom. The summed E-state index contributed by atoms with van der Waals surface area (Å²) in [5, 5.41) is 14.5. The molecule has 6 heteroatoms. The Hall–Kier alpha value is -2.57. The Bertz CT molecular complexity index is 1040. The zero-order valence-electron chi connectivity index (χ0n) is 23.7. The van der Waals surface area contributed by atoms with Crippen LogP contribution in [0.5, 0.6) is 11.5 Å². The van der Waals surface area contributed by atoms with E-state index in [9.17, 15) is 9.90 Å². The summed E-state index contributed by atoms with van der Waals surface area (Å²) in [7, 11) is 0. The average Bonchev–Trinajstić information content (AvgIpc) is 3.42. The van der Waals surface area contributed by atoms with E-state index in [0.717, 1.165) is 50.8 Å². The number of nitrogens with zero attached hydrogens (tertiary/aromatic N) is 1. The van der Waals surface area contributed by atoms with Gasteiger partial charge in [-0.2, -0.15) is 0 Å². The van der Waals surface area contributed by atoms with Crippen LogP contribution in [0.3, 0.4) is 0 Å². The Morgan fingerprint density at radius 3 is 2.32 bits per heavy atom. The lowest BCUT2D eigenvalue weighted by atomic mass is 9.85. The lowest BCUT2D eigenvalue weighted by Crippen LogP contribution is -2.46. The molecule has 0 spiro atoms. The predicted octanol–water partition coefficient (Wildman–Crippen LogP) is 5.73. The maximum absolute atomic E-state index is 13.0. The van der Waals surface area contributed by atoms with Gasteiger partial charge in [0.25, 0.3) is 0 Å². The molecule has 1 saturated heterocycles. The summed E-state index contributed by atoms with van der Waals surface area (Å²) in [5.74, 6) is 1.83. The third-order valence-corrected chi connectivity index (χ3v) is 7.93. The van der Waals surface area contributed by atoms with Crippen LogP contribution in [0.15, 0.2) is 42.5 Å². The van der Waals surface area contributed by atoms with Crippen molar-refractivity contribution in [3.8, 4) is 11.5 Å². The molecule has 0 saturated carbocycles. The first-order chi connectivity index (χ1) is 18.2. The van der Waals surface area contributed by atoms with Crippen molar-refractivity contribution in [1.82, 2.24) is 10.2 Å². The fourth-order valence-electron chi connectivity index (χ4n) is 5.44. The van der Waals surface area contributed by atoms with E-state index >= 15 is 0 Å². The van der Waals surface area contributed by atoms with Gasteiger partial charge in [0, 0.05) is 13.0 Å². The molecule has 6 nitrogen and oxygen atoms in total. The van der Waals surface area contributed by atoms with Crippen molar-refractivity contribution in [1.29, 1.82) is 0 Å². The predicted molar refractivity (Wildman–Crippen MR) is 152 cm³/mol. The molecule has 208 valence electrons.